The molecule has 0 saturated carbocycles. The molecule has 2 unspecified atom stereocenters. The van der Waals surface area contributed by atoms with Crippen molar-refractivity contribution >= 4 is 34.6 Å². The van der Waals surface area contributed by atoms with Crippen LogP contribution in [0.5, 0.6) is 34.5 Å². The maximum Gasteiger partial charge on any atom is 0.333 e. The number of piperazine rings is 1. The summed E-state index contributed by atoms with van der Waals surface area (Å²) in [6, 6.07) is 6.31. The largest absolute Gasteiger partial charge is 0.504 e. The second-order valence-electron chi connectivity index (χ2n) is 17.8. The number of hydrogen-bond donors (Lipinski definition) is 4. The van der Waals surface area contributed by atoms with E-state index in [0.717, 1.165) is 50.7 Å². The van der Waals surface area contributed by atoms with Crippen molar-refractivity contribution in [2.75, 3.05) is 46.5 Å². The van der Waals surface area contributed by atoms with Crippen LogP contribution in [-0.2, 0) is 31.8 Å². The summed E-state index contributed by atoms with van der Waals surface area (Å²) in [5.41, 5.74) is 5.21. The van der Waals surface area contributed by atoms with Crippen LogP contribution in [0, 0.1) is 13.8 Å². The highest BCUT2D eigenvalue weighted by Crippen LogP contribution is 2.71. The number of aromatic hydroxyl groups is 1. The number of phenolic OH excluding ortho intramolecular Hbond substituents is 1. The Bertz CT molecular complexity index is 2540. The summed E-state index contributed by atoms with van der Waals surface area (Å²) in [5.74, 6) is 2.01. The number of carbonyl (C=O) groups excluding carboxylic acids is 2. The standard InChI is InChI=1S/C44H48N4O10S/c1-19-10-26-29(34(51)35(19)54-7)32-33-39-31-30(38-37(56-18-57-38)20(2)36(31)58-21(3)50)28(48(33)42(4)15-43(26,5)47(32)16-42)14-55-41(52)44(17-59-39)40-25(11-22(13-49)46-44)24-12-23(53-6)8-9-27(24)45-40/h8-10,12,22,28,32-33,39,45-46,49,51H,11,13-18H2,1-7H3/t22-,28+,32-,33-,39-,42?,43?,44-/m1/s1. The second kappa shape index (κ2) is 12.4. The predicted octanol–water partition coefficient (Wildman–Crippen LogP) is 5.07. The van der Waals surface area contributed by atoms with Crippen molar-refractivity contribution in [3.8, 4) is 34.5 Å². The molecule has 12 rings (SSSR count). The van der Waals surface area contributed by atoms with Gasteiger partial charge in [-0.1, -0.05) is 0 Å². The third-order valence-electron chi connectivity index (χ3n) is 14.5. The van der Waals surface area contributed by atoms with E-state index in [0.29, 0.717) is 53.0 Å². The van der Waals surface area contributed by atoms with Crippen LogP contribution in [0.2, 0.25) is 0 Å². The molecule has 4 bridgehead atoms. The highest BCUT2D eigenvalue weighted by atomic mass is 32.2. The Morgan fingerprint density at radius 2 is 1.85 bits per heavy atom. The molecule has 59 heavy (non-hydrogen) atoms. The number of esters is 2. The van der Waals surface area contributed by atoms with Crippen molar-refractivity contribution in [3.05, 3.63) is 68.9 Å². The predicted molar refractivity (Wildman–Crippen MR) is 217 cm³/mol. The first-order valence-electron chi connectivity index (χ1n) is 20.3. The molecule has 0 amide bonds. The third kappa shape index (κ3) is 4.68. The van der Waals surface area contributed by atoms with Crippen molar-refractivity contribution in [2.45, 2.75) is 93.5 Å². The molecule has 15 heteroatoms. The van der Waals surface area contributed by atoms with Crippen molar-refractivity contribution < 1.29 is 48.2 Å². The first-order valence-corrected chi connectivity index (χ1v) is 21.3. The summed E-state index contributed by atoms with van der Waals surface area (Å²) < 4.78 is 36.9. The van der Waals surface area contributed by atoms with Gasteiger partial charge in [-0.3, -0.25) is 19.9 Å². The number of ether oxygens (including phenoxy) is 6. The molecule has 8 aliphatic rings. The lowest BCUT2D eigenvalue weighted by Crippen LogP contribution is -2.67. The molecule has 1 spiro atoms. The van der Waals surface area contributed by atoms with Crippen LogP contribution in [0.4, 0.5) is 0 Å². The Labute approximate surface area is 345 Å². The first kappa shape index (κ1) is 37.3. The zero-order chi connectivity index (χ0) is 41.1. The molecule has 8 aliphatic heterocycles. The number of aromatic amines is 1. The van der Waals surface area contributed by atoms with Gasteiger partial charge in [-0.05, 0) is 81.5 Å². The summed E-state index contributed by atoms with van der Waals surface area (Å²) in [7, 11) is 3.21. The molecule has 3 aromatic carbocycles. The van der Waals surface area contributed by atoms with E-state index in [-0.39, 0.29) is 43.6 Å². The van der Waals surface area contributed by atoms with Crippen LogP contribution < -0.4 is 29.0 Å². The summed E-state index contributed by atoms with van der Waals surface area (Å²) in [6.45, 7) is 10.3. The highest BCUT2D eigenvalue weighted by Gasteiger charge is 2.71. The Morgan fingerprint density at radius 3 is 2.59 bits per heavy atom. The van der Waals surface area contributed by atoms with Gasteiger partial charge in [-0.25, -0.2) is 4.79 Å². The molecule has 9 heterocycles. The zero-order valence-corrected chi connectivity index (χ0v) is 34.9. The third-order valence-corrected chi connectivity index (χ3v) is 16.0. The van der Waals surface area contributed by atoms with Gasteiger partial charge < -0.3 is 43.6 Å². The number of thioether (sulfide) groups is 1. The van der Waals surface area contributed by atoms with Gasteiger partial charge in [0.15, 0.2) is 28.5 Å². The van der Waals surface area contributed by atoms with Crippen LogP contribution >= 0.6 is 11.8 Å². The lowest BCUT2D eigenvalue weighted by atomic mass is 9.72. The number of aryl methyl sites for hydroxylation is 1. The lowest BCUT2D eigenvalue weighted by molar-refractivity contribution is -0.158. The first-order chi connectivity index (χ1) is 28.3. The fraction of sp³-hybridized carbons (Fsp3) is 0.500. The Morgan fingerprint density at radius 1 is 1.05 bits per heavy atom. The summed E-state index contributed by atoms with van der Waals surface area (Å²) >= 11 is 1.59. The number of aliphatic hydroxyl groups excluding tert-OH is 1. The number of fused-ring (bicyclic) bond motifs is 11. The molecular weight excluding hydrogens is 777 g/mol. The molecular formula is C44H48N4O10S. The number of methoxy groups -OCH3 is 2. The molecule has 0 aliphatic carbocycles. The number of benzene rings is 3. The highest BCUT2D eigenvalue weighted by molar-refractivity contribution is 7.99. The van der Waals surface area contributed by atoms with E-state index >= 15 is 4.79 Å². The molecule has 310 valence electrons. The van der Waals surface area contributed by atoms with Crippen LogP contribution in [0.15, 0.2) is 24.3 Å². The maximum atomic E-state index is 15.2. The van der Waals surface area contributed by atoms with Gasteiger partial charge in [0, 0.05) is 75.5 Å². The lowest BCUT2D eigenvalue weighted by Gasteiger charge is -2.60. The van der Waals surface area contributed by atoms with Gasteiger partial charge in [-0.15, -0.1) is 11.8 Å². The van der Waals surface area contributed by atoms with Gasteiger partial charge in [0.2, 0.25) is 6.79 Å². The molecule has 4 aromatic rings. The topological polar surface area (TPSA) is 164 Å². The number of H-pyrrole nitrogens is 1. The molecule has 3 fully saturated rings. The Kier molecular flexibility index (Phi) is 7.88. The van der Waals surface area contributed by atoms with Crippen LogP contribution in [0.1, 0.15) is 89.2 Å². The molecule has 8 atom stereocenters. The fourth-order valence-electron chi connectivity index (χ4n) is 12.4. The monoisotopic (exact) mass is 824 g/mol. The van der Waals surface area contributed by atoms with Crippen molar-refractivity contribution in [1.82, 2.24) is 20.1 Å². The fourth-order valence-corrected chi connectivity index (χ4v) is 14.1. The van der Waals surface area contributed by atoms with E-state index in [2.05, 4.69) is 40.0 Å². The van der Waals surface area contributed by atoms with Gasteiger partial charge >= 0.3 is 11.9 Å². The number of nitrogens with zero attached hydrogens (tertiary/aromatic N) is 2. The summed E-state index contributed by atoms with van der Waals surface area (Å²) in [5, 5.41) is 27.1. The van der Waals surface area contributed by atoms with Crippen molar-refractivity contribution in [3.63, 3.8) is 0 Å². The SMILES string of the molecule is COc1ccc2[nH]c3c(c2c1)C[C@H](CO)N[C@]31CS[C@@H]2c3c(OC(C)=O)c(C)c4c(c3[C@H](COC1=O)N1[C@@H]2[C@H]2c3c(cc(C)c(OC)c3O)C3(C)CC1(C)CN23)OCO4. The molecule has 1 aromatic heterocycles. The quantitative estimate of drug-likeness (QED) is 0.159. The van der Waals surface area contributed by atoms with Crippen LogP contribution in [0.3, 0.4) is 0 Å². The summed E-state index contributed by atoms with van der Waals surface area (Å²) in [6.07, 6.45) is 1.23. The second-order valence-corrected chi connectivity index (χ2v) is 18.9. The number of aliphatic hydroxyl groups is 1. The van der Waals surface area contributed by atoms with Gasteiger partial charge in [0.1, 0.15) is 18.1 Å². The molecule has 4 N–H and O–H groups in total. The number of nitrogens with one attached hydrogen (secondary N) is 2. The molecule has 14 nitrogen and oxygen atoms in total. The minimum Gasteiger partial charge on any atom is -0.504 e. The number of phenols is 1. The minimum absolute atomic E-state index is 0.00442. The number of rotatable bonds is 4. The van der Waals surface area contributed by atoms with Crippen molar-refractivity contribution in [2.24, 2.45) is 0 Å². The van der Waals surface area contributed by atoms with Gasteiger partial charge in [0.05, 0.1) is 43.9 Å². The van der Waals surface area contributed by atoms with E-state index in [1.165, 1.54) is 6.92 Å². The van der Waals surface area contributed by atoms with Gasteiger partial charge in [0.25, 0.3) is 0 Å². The Hall–Kier alpha value is -4.67. The average Bonchev–Trinajstić information content (AvgIpc) is 3.95. The number of carbonyl (C=O) groups is 2. The number of hydrogen-bond acceptors (Lipinski definition) is 14. The van der Waals surface area contributed by atoms with E-state index < -0.39 is 45.9 Å². The zero-order valence-electron chi connectivity index (χ0n) is 34.1. The smallest absolute Gasteiger partial charge is 0.333 e. The normalized spacial score (nSPS) is 32.4. The molecule has 0 radical (unpaired) electrons. The van der Waals surface area contributed by atoms with Crippen LogP contribution in [0.25, 0.3) is 10.9 Å². The number of aromatic nitrogens is 1. The molecule has 3 saturated heterocycles. The average molecular weight is 825 g/mol. The Balaban J connectivity index is 1.18. The maximum absolute atomic E-state index is 15.2. The van der Waals surface area contributed by atoms with E-state index in [1.54, 1.807) is 26.0 Å². The van der Waals surface area contributed by atoms with E-state index in [1.807, 2.05) is 32.0 Å². The van der Waals surface area contributed by atoms with Gasteiger partial charge in [-0.2, -0.15) is 0 Å². The summed E-state index contributed by atoms with van der Waals surface area (Å²) in [4.78, 5) is 37.0. The van der Waals surface area contributed by atoms with E-state index in [4.69, 9.17) is 28.4 Å². The minimum atomic E-state index is -1.41. The van der Waals surface area contributed by atoms with E-state index in [9.17, 15) is 15.0 Å². The van der Waals surface area contributed by atoms with Crippen LogP contribution in [-0.4, -0.2) is 101 Å². The van der Waals surface area contributed by atoms with Crippen molar-refractivity contribution in [1.29, 1.82) is 0 Å².